The molecule has 1 heterocycles. The van der Waals surface area contributed by atoms with Crippen LogP contribution in [0.3, 0.4) is 0 Å². The Kier molecular flexibility index (Phi) is 4.56. The summed E-state index contributed by atoms with van der Waals surface area (Å²) in [7, 11) is 0. The molecule has 2 rings (SSSR count). The Morgan fingerprint density at radius 3 is 2.75 bits per heavy atom. The molecule has 0 aliphatic rings. The molecule has 1 unspecified atom stereocenters. The Labute approximate surface area is 118 Å². The number of aromatic carboxylic acids is 1. The lowest BCUT2D eigenvalue weighted by molar-refractivity contribution is 0.0699. The average Bonchev–Trinajstić information content (AvgIpc) is 2.45. The predicted molar refractivity (Wildman–Crippen MR) is 81.3 cm³/mol. The zero-order chi connectivity index (χ0) is 14.5. The van der Waals surface area contributed by atoms with Gasteiger partial charge in [0.1, 0.15) is 5.82 Å². The number of nitrogens with zero attached hydrogens (tertiary/aromatic N) is 1. The highest BCUT2D eigenvalue weighted by Crippen LogP contribution is 2.22. The number of fused-ring (bicyclic) bond motifs is 1. The van der Waals surface area contributed by atoms with E-state index in [-0.39, 0.29) is 0 Å². The maximum Gasteiger partial charge on any atom is 0.336 e. The van der Waals surface area contributed by atoms with Crippen LogP contribution in [0.25, 0.3) is 10.9 Å². The molecule has 1 aromatic heterocycles. The Bertz CT molecular complexity index is 610. The van der Waals surface area contributed by atoms with Crippen LogP contribution in [0.5, 0.6) is 0 Å². The zero-order valence-corrected chi connectivity index (χ0v) is 11.9. The van der Waals surface area contributed by atoms with E-state index in [2.05, 4.69) is 24.1 Å². The third-order valence-electron chi connectivity index (χ3n) is 3.43. The lowest BCUT2D eigenvalue weighted by Gasteiger charge is -2.17. The number of carboxylic acids is 1. The number of benzene rings is 1. The average molecular weight is 272 g/mol. The maximum atomic E-state index is 11.4. The molecule has 106 valence electrons. The van der Waals surface area contributed by atoms with Gasteiger partial charge in [-0.3, -0.25) is 0 Å². The second-order valence-corrected chi connectivity index (χ2v) is 4.92. The van der Waals surface area contributed by atoms with Crippen LogP contribution in [0.2, 0.25) is 0 Å². The fraction of sp³-hybridized carbons (Fsp3) is 0.375. The van der Waals surface area contributed by atoms with E-state index in [1.165, 1.54) is 0 Å². The van der Waals surface area contributed by atoms with E-state index < -0.39 is 5.97 Å². The summed E-state index contributed by atoms with van der Waals surface area (Å²) in [5.74, 6) is -0.281. The van der Waals surface area contributed by atoms with Gasteiger partial charge in [-0.2, -0.15) is 0 Å². The van der Waals surface area contributed by atoms with Gasteiger partial charge in [0, 0.05) is 11.4 Å². The number of rotatable bonds is 6. The number of aromatic nitrogens is 1. The van der Waals surface area contributed by atoms with Crippen LogP contribution in [0.1, 0.15) is 43.5 Å². The molecule has 0 aliphatic carbocycles. The Balaban J connectivity index is 2.42. The number of carboxylic acid groups (broad SMARTS) is 1. The van der Waals surface area contributed by atoms with Crippen molar-refractivity contribution in [2.45, 2.75) is 39.2 Å². The van der Waals surface area contributed by atoms with E-state index in [9.17, 15) is 9.90 Å². The summed E-state index contributed by atoms with van der Waals surface area (Å²) in [6, 6.07) is 9.29. The molecule has 1 aromatic carbocycles. The van der Waals surface area contributed by atoms with Gasteiger partial charge in [-0.25, -0.2) is 9.78 Å². The van der Waals surface area contributed by atoms with Crippen molar-refractivity contribution < 1.29 is 9.90 Å². The topological polar surface area (TPSA) is 62.2 Å². The Hall–Kier alpha value is -2.10. The van der Waals surface area contributed by atoms with Crippen molar-refractivity contribution in [1.29, 1.82) is 0 Å². The molecule has 0 spiro atoms. The molecule has 2 aromatic rings. The predicted octanol–water partition coefficient (Wildman–Crippen LogP) is 3.92. The van der Waals surface area contributed by atoms with Crippen molar-refractivity contribution >= 4 is 22.7 Å². The van der Waals surface area contributed by atoms with Gasteiger partial charge >= 0.3 is 5.97 Å². The standard InChI is InChI=1S/C16H20N2O2/c1-3-7-11(4-2)17-15-10-13(16(19)20)12-8-5-6-9-14(12)18-15/h5-6,8-11H,3-4,7H2,1-2H3,(H,17,18)(H,19,20). The van der Waals surface area contributed by atoms with Gasteiger partial charge < -0.3 is 10.4 Å². The van der Waals surface area contributed by atoms with E-state index in [0.29, 0.717) is 28.3 Å². The molecular formula is C16H20N2O2. The van der Waals surface area contributed by atoms with Gasteiger partial charge in [0.15, 0.2) is 0 Å². The fourth-order valence-corrected chi connectivity index (χ4v) is 2.36. The van der Waals surface area contributed by atoms with Crippen molar-refractivity contribution in [3.8, 4) is 0 Å². The van der Waals surface area contributed by atoms with Crippen LogP contribution in [-0.2, 0) is 0 Å². The summed E-state index contributed by atoms with van der Waals surface area (Å²) in [5, 5.41) is 13.4. The molecule has 4 nitrogen and oxygen atoms in total. The van der Waals surface area contributed by atoms with Crippen LogP contribution in [0, 0.1) is 0 Å². The summed E-state index contributed by atoms with van der Waals surface area (Å²) >= 11 is 0. The van der Waals surface area contributed by atoms with Gasteiger partial charge in [-0.15, -0.1) is 0 Å². The van der Waals surface area contributed by atoms with Gasteiger partial charge in [-0.05, 0) is 25.0 Å². The molecule has 2 N–H and O–H groups in total. The highest BCUT2D eigenvalue weighted by molar-refractivity contribution is 6.03. The molecule has 4 heteroatoms. The Morgan fingerprint density at radius 2 is 2.10 bits per heavy atom. The highest BCUT2D eigenvalue weighted by Gasteiger charge is 2.13. The largest absolute Gasteiger partial charge is 0.478 e. The van der Waals surface area contributed by atoms with Gasteiger partial charge in [0.05, 0.1) is 11.1 Å². The summed E-state index contributed by atoms with van der Waals surface area (Å²) in [5.41, 5.74) is 1.01. The van der Waals surface area contributed by atoms with E-state index in [1.807, 2.05) is 18.2 Å². The van der Waals surface area contributed by atoms with Crippen LogP contribution in [-0.4, -0.2) is 22.1 Å². The van der Waals surface area contributed by atoms with Crippen LogP contribution < -0.4 is 5.32 Å². The molecule has 20 heavy (non-hydrogen) atoms. The van der Waals surface area contributed by atoms with Gasteiger partial charge in [0.25, 0.3) is 0 Å². The number of hydrogen-bond acceptors (Lipinski definition) is 3. The van der Waals surface area contributed by atoms with Crippen molar-refractivity contribution in [2.75, 3.05) is 5.32 Å². The smallest absolute Gasteiger partial charge is 0.336 e. The van der Waals surface area contributed by atoms with Crippen molar-refractivity contribution in [1.82, 2.24) is 4.98 Å². The third kappa shape index (κ3) is 3.07. The summed E-state index contributed by atoms with van der Waals surface area (Å²) in [6.45, 7) is 4.26. The minimum Gasteiger partial charge on any atom is -0.478 e. The zero-order valence-electron chi connectivity index (χ0n) is 11.9. The molecule has 0 saturated carbocycles. The number of carbonyl (C=O) groups is 1. The number of pyridine rings is 1. The SMILES string of the molecule is CCCC(CC)Nc1cc(C(=O)O)c2ccccc2n1. The fourth-order valence-electron chi connectivity index (χ4n) is 2.36. The summed E-state index contributed by atoms with van der Waals surface area (Å²) in [6.07, 6.45) is 3.13. The van der Waals surface area contributed by atoms with Crippen LogP contribution in [0.4, 0.5) is 5.82 Å². The lowest BCUT2D eigenvalue weighted by Crippen LogP contribution is -2.19. The molecule has 0 saturated heterocycles. The van der Waals surface area contributed by atoms with E-state index in [4.69, 9.17) is 0 Å². The monoisotopic (exact) mass is 272 g/mol. The molecule has 0 amide bonds. The molecule has 0 radical (unpaired) electrons. The second-order valence-electron chi connectivity index (χ2n) is 4.92. The first kappa shape index (κ1) is 14.3. The lowest BCUT2D eigenvalue weighted by atomic mass is 10.1. The van der Waals surface area contributed by atoms with Crippen molar-refractivity contribution in [3.05, 3.63) is 35.9 Å². The molecule has 0 bridgehead atoms. The Morgan fingerprint density at radius 1 is 1.35 bits per heavy atom. The number of anilines is 1. The molecule has 1 atom stereocenters. The summed E-state index contributed by atoms with van der Waals surface area (Å²) in [4.78, 5) is 15.9. The number of nitrogens with one attached hydrogen (secondary N) is 1. The van der Waals surface area contributed by atoms with Crippen molar-refractivity contribution in [3.63, 3.8) is 0 Å². The normalized spacial score (nSPS) is 12.3. The summed E-state index contributed by atoms with van der Waals surface area (Å²) < 4.78 is 0. The van der Waals surface area contributed by atoms with Gasteiger partial charge in [-0.1, -0.05) is 38.5 Å². The van der Waals surface area contributed by atoms with Gasteiger partial charge in [0.2, 0.25) is 0 Å². The van der Waals surface area contributed by atoms with E-state index >= 15 is 0 Å². The third-order valence-corrected chi connectivity index (χ3v) is 3.43. The second kappa shape index (κ2) is 6.37. The quantitative estimate of drug-likeness (QED) is 0.836. The van der Waals surface area contributed by atoms with Crippen LogP contribution in [0.15, 0.2) is 30.3 Å². The minimum atomic E-state index is -0.921. The van der Waals surface area contributed by atoms with Crippen LogP contribution >= 0.6 is 0 Å². The minimum absolute atomic E-state index is 0.296. The number of hydrogen-bond donors (Lipinski definition) is 2. The van der Waals surface area contributed by atoms with E-state index in [0.717, 1.165) is 19.3 Å². The first-order valence-electron chi connectivity index (χ1n) is 7.05. The molecule has 0 aliphatic heterocycles. The first-order chi connectivity index (χ1) is 9.65. The first-order valence-corrected chi connectivity index (χ1v) is 7.05. The highest BCUT2D eigenvalue weighted by atomic mass is 16.4. The maximum absolute atomic E-state index is 11.4. The number of para-hydroxylation sites is 1. The van der Waals surface area contributed by atoms with Crippen molar-refractivity contribution in [2.24, 2.45) is 0 Å². The molecular weight excluding hydrogens is 252 g/mol. The van der Waals surface area contributed by atoms with E-state index in [1.54, 1.807) is 12.1 Å². The molecule has 0 fully saturated rings.